The fourth-order valence-corrected chi connectivity index (χ4v) is 1.52. The molecule has 0 saturated carbocycles. The number of aromatic nitrogens is 2. The molecule has 0 aromatic carbocycles. The molecule has 14 heavy (non-hydrogen) atoms. The van der Waals surface area contributed by atoms with Gasteiger partial charge >= 0.3 is 5.97 Å². The summed E-state index contributed by atoms with van der Waals surface area (Å²) in [5, 5.41) is 13.4. The van der Waals surface area contributed by atoms with Gasteiger partial charge in [0.1, 0.15) is 0 Å². The van der Waals surface area contributed by atoms with Gasteiger partial charge in [-0.25, -0.2) is 4.79 Å². The van der Waals surface area contributed by atoms with Crippen molar-refractivity contribution in [2.45, 2.75) is 39.7 Å². The second-order valence-corrected chi connectivity index (χ2v) is 3.77. The molecular weight excluding hydrogens is 180 g/mol. The Morgan fingerprint density at radius 2 is 2.21 bits per heavy atom. The van der Waals surface area contributed by atoms with Crippen molar-refractivity contribution in [2.24, 2.45) is 0 Å². The van der Waals surface area contributed by atoms with Gasteiger partial charge in [-0.1, -0.05) is 6.92 Å². The number of hydrogen-bond acceptors (Lipinski definition) is 2. The lowest BCUT2D eigenvalue weighted by Gasteiger charge is -2.25. The van der Waals surface area contributed by atoms with E-state index in [0.717, 1.165) is 11.4 Å². The van der Waals surface area contributed by atoms with Crippen LogP contribution < -0.4 is 0 Å². The SMILES string of the molecule is CCC(C)(C(=O)O)n1nc(C)cc1C. The van der Waals surface area contributed by atoms with E-state index in [-0.39, 0.29) is 0 Å². The molecule has 0 aliphatic heterocycles. The Morgan fingerprint density at radius 1 is 1.64 bits per heavy atom. The van der Waals surface area contributed by atoms with Crippen LogP contribution in [0.4, 0.5) is 0 Å². The van der Waals surface area contributed by atoms with E-state index in [4.69, 9.17) is 5.11 Å². The van der Waals surface area contributed by atoms with Gasteiger partial charge in [0.25, 0.3) is 0 Å². The maximum Gasteiger partial charge on any atom is 0.331 e. The summed E-state index contributed by atoms with van der Waals surface area (Å²) in [5.74, 6) is -0.841. The van der Waals surface area contributed by atoms with Gasteiger partial charge in [0.15, 0.2) is 5.54 Å². The molecule has 78 valence electrons. The minimum atomic E-state index is -0.932. The van der Waals surface area contributed by atoms with Gasteiger partial charge in [-0.15, -0.1) is 0 Å². The highest BCUT2D eigenvalue weighted by atomic mass is 16.4. The Kier molecular flexibility index (Phi) is 2.64. The lowest BCUT2D eigenvalue weighted by atomic mass is 9.99. The van der Waals surface area contributed by atoms with Crippen LogP contribution >= 0.6 is 0 Å². The summed E-state index contributed by atoms with van der Waals surface area (Å²) in [6.45, 7) is 7.28. The number of carboxylic acids is 1. The summed E-state index contributed by atoms with van der Waals surface area (Å²) < 4.78 is 1.59. The van der Waals surface area contributed by atoms with E-state index < -0.39 is 11.5 Å². The molecule has 0 saturated heterocycles. The van der Waals surface area contributed by atoms with Gasteiger partial charge in [-0.3, -0.25) is 4.68 Å². The van der Waals surface area contributed by atoms with Crippen LogP contribution in [0.1, 0.15) is 31.7 Å². The molecule has 0 aliphatic rings. The van der Waals surface area contributed by atoms with Crippen molar-refractivity contribution in [1.29, 1.82) is 0 Å². The van der Waals surface area contributed by atoms with E-state index in [9.17, 15) is 4.79 Å². The Hall–Kier alpha value is -1.32. The van der Waals surface area contributed by atoms with Crippen molar-refractivity contribution in [3.05, 3.63) is 17.5 Å². The first-order valence-electron chi connectivity index (χ1n) is 4.69. The largest absolute Gasteiger partial charge is 0.479 e. The Labute approximate surface area is 83.5 Å². The zero-order valence-corrected chi connectivity index (χ0v) is 9.03. The van der Waals surface area contributed by atoms with E-state index in [1.807, 2.05) is 26.8 Å². The van der Waals surface area contributed by atoms with E-state index >= 15 is 0 Å². The highest BCUT2D eigenvalue weighted by Crippen LogP contribution is 2.22. The van der Waals surface area contributed by atoms with E-state index in [1.54, 1.807) is 11.6 Å². The van der Waals surface area contributed by atoms with Crippen LogP contribution in [0.25, 0.3) is 0 Å². The van der Waals surface area contributed by atoms with Gasteiger partial charge in [0, 0.05) is 5.69 Å². The molecule has 4 heteroatoms. The predicted octanol–water partition coefficient (Wildman–Crippen LogP) is 1.71. The number of carbonyl (C=O) groups is 1. The lowest BCUT2D eigenvalue weighted by Crippen LogP contribution is -2.39. The highest BCUT2D eigenvalue weighted by Gasteiger charge is 2.35. The molecule has 1 N–H and O–H groups in total. The molecule has 0 spiro atoms. The lowest BCUT2D eigenvalue weighted by molar-refractivity contribution is -0.147. The molecule has 4 nitrogen and oxygen atoms in total. The third-order valence-electron chi connectivity index (χ3n) is 2.63. The molecule has 1 atom stereocenters. The maximum atomic E-state index is 11.2. The van der Waals surface area contributed by atoms with Crippen LogP contribution in [0.15, 0.2) is 6.07 Å². The van der Waals surface area contributed by atoms with Crippen molar-refractivity contribution in [3.63, 3.8) is 0 Å². The number of carboxylic acid groups (broad SMARTS) is 1. The minimum Gasteiger partial charge on any atom is -0.479 e. The zero-order valence-electron chi connectivity index (χ0n) is 9.03. The molecule has 0 bridgehead atoms. The van der Waals surface area contributed by atoms with E-state index in [1.165, 1.54) is 0 Å². The monoisotopic (exact) mass is 196 g/mol. The van der Waals surface area contributed by atoms with Crippen LogP contribution in [-0.2, 0) is 10.3 Å². The van der Waals surface area contributed by atoms with Crippen LogP contribution in [0.2, 0.25) is 0 Å². The van der Waals surface area contributed by atoms with Crippen molar-refractivity contribution < 1.29 is 9.90 Å². The van der Waals surface area contributed by atoms with Gasteiger partial charge in [0.2, 0.25) is 0 Å². The molecule has 0 fully saturated rings. The molecule has 1 heterocycles. The summed E-state index contributed by atoms with van der Waals surface area (Å²) in [6.07, 6.45) is 0.518. The van der Waals surface area contributed by atoms with Gasteiger partial charge < -0.3 is 5.11 Å². The van der Waals surface area contributed by atoms with Gasteiger partial charge in [0.05, 0.1) is 5.69 Å². The fraction of sp³-hybridized carbons (Fsp3) is 0.600. The summed E-state index contributed by atoms with van der Waals surface area (Å²) in [5.41, 5.74) is 0.802. The maximum absolute atomic E-state index is 11.2. The third-order valence-corrected chi connectivity index (χ3v) is 2.63. The summed E-state index contributed by atoms with van der Waals surface area (Å²) in [4.78, 5) is 11.2. The second kappa shape index (κ2) is 3.44. The first-order chi connectivity index (χ1) is 6.41. The zero-order chi connectivity index (χ0) is 10.9. The van der Waals surface area contributed by atoms with Crippen molar-refractivity contribution in [1.82, 2.24) is 9.78 Å². The Bertz CT molecular complexity index is 357. The number of rotatable bonds is 3. The number of aryl methyl sites for hydroxylation is 2. The number of hydrogen-bond donors (Lipinski definition) is 1. The smallest absolute Gasteiger partial charge is 0.331 e. The third kappa shape index (κ3) is 1.52. The fourth-order valence-electron chi connectivity index (χ4n) is 1.52. The van der Waals surface area contributed by atoms with E-state index in [2.05, 4.69) is 5.10 Å². The number of aliphatic carboxylic acids is 1. The van der Waals surface area contributed by atoms with Crippen molar-refractivity contribution in [2.75, 3.05) is 0 Å². The Balaban J connectivity index is 3.25. The van der Waals surface area contributed by atoms with Crippen LogP contribution in [0, 0.1) is 13.8 Å². The Morgan fingerprint density at radius 3 is 2.50 bits per heavy atom. The van der Waals surface area contributed by atoms with Gasteiger partial charge in [-0.05, 0) is 33.3 Å². The molecule has 0 amide bonds. The van der Waals surface area contributed by atoms with Crippen molar-refractivity contribution in [3.8, 4) is 0 Å². The first kappa shape index (κ1) is 10.8. The molecule has 1 rings (SSSR count). The van der Waals surface area contributed by atoms with Crippen molar-refractivity contribution >= 4 is 5.97 Å². The average Bonchev–Trinajstić information content (AvgIpc) is 2.44. The van der Waals surface area contributed by atoms with Crippen LogP contribution in [-0.4, -0.2) is 20.9 Å². The first-order valence-corrected chi connectivity index (χ1v) is 4.69. The summed E-state index contributed by atoms with van der Waals surface area (Å²) >= 11 is 0. The molecule has 1 aromatic rings. The second-order valence-electron chi connectivity index (χ2n) is 3.77. The molecule has 0 radical (unpaired) electrons. The molecule has 1 aromatic heterocycles. The standard InChI is InChI=1S/C10H16N2O2/c1-5-10(4,9(13)14)12-8(3)6-7(2)11-12/h6H,5H2,1-4H3,(H,13,14). The van der Waals surface area contributed by atoms with Gasteiger partial charge in [-0.2, -0.15) is 5.10 Å². The predicted molar refractivity (Wildman–Crippen MR) is 53.3 cm³/mol. The molecule has 1 unspecified atom stereocenters. The topological polar surface area (TPSA) is 55.1 Å². The van der Waals surface area contributed by atoms with E-state index in [0.29, 0.717) is 6.42 Å². The minimum absolute atomic E-state index is 0.518. The van der Waals surface area contributed by atoms with Crippen LogP contribution in [0.5, 0.6) is 0 Å². The summed E-state index contributed by atoms with van der Waals surface area (Å²) in [6, 6.07) is 1.89. The molecule has 0 aliphatic carbocycles. The van der Waals surface area contributed by atoms with Crippen LogP contribution in [0.3, 0.4) is 0 Å². The quantitative estimate of drug-likeness (QED) is 0.800. The normalized spacial score (nSPS) is 15.1. The average molecular weight is 196 g/mol. The highest BCUT2D eigenvalue weighted by molar-refractivity contribution is 5.76. The number of nitrogens with zero attached hydrogens (tertiary/aromatic N) is 2. The molecular formula is C10H16N2O2. The summed E-state index contributed by atoms with van der Waals surface area (Å²) in [7, 11) is 0.